The van der Waals surface area contributed by atoms with Crippen LogP contribution in [0.3, 0.4) is 0 Å². The SMILES string of the molecule is O=C(CCl)Nc1ccccc1C(=O)c1ccccc1C(F)(F)F. The van der Waals surface area contributed by atoms with Gasteiger partial charge in [0.25, 0.3) is 0 Å². The maximum atomic E-state index is 13.1. The summed E-state index contributed by atoms with van der Waals surface area (Å²) < 4.78 is 39.2. The molecule has 0 aliphatic heterocycles. The van der Waals surface area contributed by atoms with E-state index in [1.165, 1.54) is 30.3 Å². The summed E-state index contributed by atoms with van der Waals surface area (Å²) in [6.07, 6.45) is -4.65. The first-order chi connectivity index (χ1) is 10.8. The van der Waals surface area contributed by atoms with Gasteiger partial charge in [-0.3, -0.25) is 9.59 Å². The number of rotatable bonds is 4. The van der Waals surface area contributed by atoms with E-state index in [-0.39, 0.29) is 17.1 Å². The number of para-hydroxylation sites is 1. The molecule has 23 heavy (non-hydrogen) atoms. The summed E-state index contributed by atoms with van der Waals surface area (Å²) >= 11 is 5.39. The number of hydrogen-bond acceptors (Lipinski definition) is 2. The van der Waals surface area contributed by atoms with Crippen LogP contribution < -0.4 is 5.32 Å². The van der Waals surface area contributed by atoms with E-state index in [0.717, 1.165) is 12.1 Å². The molecule has 0 heterocycles. The van der Waals surface area contributed by atoms with Crippen molar-refractivity contribution in [2.45, 2.75) is 6.18 Å². The van der Waals surface area contributed by atoms with Gasteiger partial charge in [-0.2, -0.15) is 13.2 Å². The number of amides is 1. The molecule has 3 nitrogen and oxygen atoms in total. The van der Waals surface area contributed by atoms with E-state index in [0.29, 0.717) is 0 Å². The number of halogens is 4. The first-order valence-corrected chi connectivity index (χ1v) is 7.04. The summed E-state index contributed by atoms with van der Waals surface area (Å²) in [6.45, 7) is 0. The molecule has 0 saturated carbocycles. The molecule has 0 unspecified atom stereocenters. The normalized spacial score (nSPS) is 11.1. The summed E-state index contributed by atoms with van der Waals surface area (Å²) in [5.74, 6) is -1.72. The Morgan fingerprint density at radius 3 is 2.13 bits per heavy atom. The highest BCUT2D eigenvalue weighted by atomic mass is 35.5. The highest BCUT2D eigenvalue weighted by Crippen LogP contribution is 2.33. The van der Waals surface area contributed by atoms with Gasteiger partial charge in [0.15, 0.2) is 5.78 Å². The second kappa shape index (κ2) is 6.83. The predicted octanol–water partition coefficient (Wildman–Crippen LogP) is 4.11. The molecule has 1 N–H and O–H groups in total. The zero-order chi connectivity index (χ0) is 17.0. The molecule has 2 aromatic carbocycles. The van der Waals surface area contributed by atoms with Gasteiger partial charge < -0.3 is 5.32 Å². The molecule has 0 fully saturated rings. The second-order valence-corrected chi connectivity index (χ2v) is 4.87. The largest absolute Gasteiger partial charge is 0.417 e. The number of carbonyl (C=O) groups excluding carboxylic acids is 2. The Kier molecular flexibility index (Phi) is 5.05. The van der Waals surface area contributed by atoms with Crippen LogP contribution in [0.15, 0.2) is 48.5 Å². The van der Waals surface area contributed by atoms with Crippen molar-refractivity contribution < 1.29 is 22.8 Å². The van der Waals surface area contributed by atoms with E-state index in [2.05, 4.69) is 5.32 Å². The topological polar surface area (TPSA) is 46.2 Å². The Balaban J connectivity index is 2.49. The number of carbonyl (C=O) groups is 2. The Morgan fingerprint density at radius 1 is 0.957 bits per heavy atom. The average Bonchev–Trinajstić information content (AvgIpc) is 2.54. The Morgan fingerprint density at radius 2 is 1.52 bits per heavy atom. The molecule has 2 rings (SSSR count). The maximum Gasteiger partial charge on any atom is 0.417 e. The van der Waals surface area contributed by atoms with Crippen LogP contribution in [0.5, 0.6) is 0 Å². The smallest absolute Gasteiger partial charge is 0.324 e. The molecule has 0 aliphatic rings. The fourth-order valence-corrected chi connectivity index (χ4v) is 2.11. The zero-order valence-electron chi connectivity index (χ0n) is 11.7. The van der Waals surface area contributed by atoms with E-state index in [9.17, 15) is 22.8 Å². The number of nitrogens with one attached hydrogen (secondary N) is 1. The molecule has 0 saturated heterocycles. The summed E-state index contributed by atoms with van der Waals surface area (Å²) in [5, 5.41) is 2.40. The minimum Gasteiger partial charge on any atom is -0.324 e. The van der Waals surface area contributed by atoms with Crippen LogP contribution in [0.25, 0.3) is 0 Å². The van der Waals surface area contributed by atoms with Crippen molar-refractivity contribution in [3.05, 3.63) is 65.2 Å². The van der Waals surface area contributed by atoms with Crippen LogP contribution in [0.2, 0.25) is 0 Å². The van der Waals surface area contributed by atoms with Crippen molar-refractivity contribution in [3.63, 3.8) is 0 Å². The van der Waals surface area contributed by atoms with Gasteiger partial charge in [0.2, 0.25) is 5.91 Å². The molecule has 0 spiro atoms. The fourth-order valence-electron chi connectivity index (χ4n) is 2.05. The molecule has 2 aromatic rings. The monoisotopic (exact) mass is 341 g/mol. The molecule has 0 aliphatic carbocycles. The molecule has 0 radical (unpaired) electrons. The second-order valence-electron chi connectivity index (χ2n) is 4.60. The van der Waals surface area contributed by atoms with Crippen LogP contribution in [0.4, 0.5) is 18.9 Å². The number of alkyl halides is 4. The molecular weight excluding hydrogens is 331 g/mol. The molecule has 0 atom stereocenters. The van der Waals surface area contributed by atoms with E-state index < -0.39 is 29.0 Å². The molecule has 1 amide bonds. The van der Waals surface area contributed by atoms with Crippen molar-refractivity contribution in [3.8, 4) is 0 Å². The van der Waals surface area contributed by atoms with Crippen LogP contribution in [-0.2, 0) is 11.0 Å². The van der Waals surface area contributed by atoms with Gasteiger partial charge in [0, 0.05) is 11.1 Å². The molecule has 0 bridgehead atoms. The van der Waals surface area contributed by atoms with Crippen molar-refractivity contribution >= 4 is 29.0 Å². The van der Waals surface area contributed by atoms with Crippen molar-refractivity contribution in [1.29, 1.82) is 0 Å². The first-order valence-electron chi connectivity index (χ1n) is 6.50. The minimum atomic E-state index is -4.65. The third-order valence-corrected chi connectivity index (χ3v) is 3.29. The van der Waals surface area contributed by atoms with Crippen molar-refractivity contribution in [2.75, 3.05) is 11.2 Å². The van der Waals surface area contributed by atoms with Gasteiger partial charge >= 0.3 is 6.18 Å². The maximum absolute atomic E-state index is 13.1. The average molecular weight is 342 g/mol. The summed E-state index contributed by atoms with van der Waals surface area (Å²) in [6, 6.07) is 10.3. The van der Waals surface area contributed by atoms with Gasteiger partial charge in [0.05, 0.1) is 11.3 Å². The number of ketones is 1. The number of anilines is 1. The van der Waals surface area contributed by atoms with E-state index in [4.69, 9.17) is 11.6 Å². The standard InChI is InChI=1S/C16H11ClF3NO2/c17-9-14(22)21-13-8-4-2-6-11(13)15(23)10-5-1-3-7-12(10)16(18,19)20/h1-8H,9H2,(H,21,22). The molecule has 120 valence electrons. The summed E-state index contributed by atoms with van der Waals surface area (Å²) in [7, 11) is 0. The van der Waals surface area contributed by atoms with Crippen LogP contribution >= 0.6 is 11.6 Å². The van der Waals surface area contributed by atoms with Gasteiger partial charge in [-0.05, 0) is 18.2 Å². The van der Waals surface area contributed by atoms with Gasteiger partial charge in [-0.15, -0.1) is 11.6 Å². The lowest BCUT2D eigenvalue weighted by molar-refractivity contribution is -0.137. The highest BCUT2D eigenvalue weighted by molar-refractivity contribution is 6.29. The van der Waals surface area contributed by atoms with Crippen molar-refractivity contribution in [2.24, 2.45) is 0 Å². The van der Waals surface area contributed by atoms with Crippen LogP contribution in [-0.4, -0.2) is 17.6 Å². The highest BCUT2D eigenvalue weighted by Gasteiger charge is 2.35. The summed E-state index contributed by atoms with van der Waals surface area (Å²) in [4.78, 5) is 23.9. The number of benzene rings is 2. The quantitative estimate of drug-likeness (QED) is 0.672. The predicted molar refractivity (Wildman–Crippen MR) is 80.7 cm³/mol. The Labute approximate surface area is 135 Å². The van der Waals surface area contributed by atoms with Gasteiger partial charge in [-0.25, -0.2) is 0 Å². The van der Waals surface area contributed by atoms with Crippen LogP contribution in [0, 0.1) is 0 Å². The number of hydrogen-bond donors (Lipinski definition) is 1. The van der Waals surface area contributed by atoms with E-state index in [1.807, 2.05) is 0 Å². The first kappa shape index (κ1) is 17.0. The van der Waals surface area contributed by atoms with Crippen LogP contribution in [0.1, 0.15) is 21.5 Å². The van der Waals surface area contributed by atoms with Crippen molar-refractivity contribution in [1.82, 2.24) is 0 Å². The molecular formula is C16H11ClF3NO2. The van der Waals surface area contributed by atoms with Gasteiger partial charge in [-0.1, -0.05) is 30.3 Å². The third-order valence-electron chi connectivity index (χ3n) is 3.04. The van der Waals surface area contributed by atoms with Gasteiger partial charge in [0.1, 0.15) is 5.88 Å². The molecule has 7 heteroatoms. The Bertz CT molecular complexity index is 744. The lowest BCUT2D eigenvalue weighted by Gasteiger charge is -2.14. The lowest BCUT2D eigenvalue weighted by Crippen LogP contribution is -2.18. The van der Waals surface area contributed by atoms with E-state index >= 15 is 0 Å². The Hall–Kier alpha value is -2.34. The zero-order valence-corrected chi connectivity index (χ0v) is 12.4. The summed E-state index contributed by atoms with van der Waals surface area (Å²) in [5.41, 5.74) is -1.43. The molecule has 0 aromatic heterocycles. The minimum absolute atomic E-state index is 0.0392. The van der Waals surface area contributed by atoms with E-state index in [1.54, 1.807) is 6.07 Å². The lowest BCUT2D eigenvalue weighted by atomic mass is 9.97. The fraction of sp³-hybridized carbons (Fsp3) is 0.125. The third kappa shape index (κ3) is 3.90.